The molecule has 0 aliphatic carbocycles. The Hall–Kier alpha value is -0.120. The van der Waals surface area contributed by atoms with Crippen molar-refractivity contribution < 1.29 is 15.3 Å². The number of hydrogen-bond donors (Lipinski definition) is 3. The highest BCUT2D eigenvalue weighted by molar-refractivity contribution is 4.70. The number of unbranched alkanes of at least 4 members (excludes halogenated alkanes) is 10. The first-order chi connectivity index (χ1) is 9.12. The van der Waals surface area contributed by atoms with E-state index in [4.69, 9.17) is 10.2 Å². The molecule has 0 rings (SSSR count). The van der Waals surface area contributed by atoms with Crippen molar-refractivity contribution in [2.24, 2.45) is 0 Å². The summed E-state index contributed by atoms with van der Waals surface area (Å²) in [6, 6.07) is 0. The molecule has 0 saturated heterocycles. The summed E-state index contributed by atoms with van der Waals surface area (Å²) in [6.07, 6.45) is 14.1. The summed E-state index contributed by atoms with van der Waals surface area (Å²) < 4.78 is 0. The fourth-order valence-electron chi connectivity index (χ4n) is 2.29. The lowest BCUT2D eigenvalue weighted by molar-refractivity contribution is -0.00695. The molecule has 3 N–H and O–H groups in total. The standard InChI is InChI=1S/C16H34O3/c1-16(19,15-18)13-11-9-7-5-3-2-4-6-8-10-12-14-17/h17-19H,2-15H2,1H3. The molecule has 0 aliphatic heterocycles. The maximum Gasteiger partial charge on any atom is 0.0849 e. The normalized spacial score (nSPS) is 14.5. The maximum atomic E-state index is 9.62. The lowest BCUT2D eigenvalue weighted by Gasteiger charge is -2.19. The van der Waals surface area contributed by atoms with Gasteiger partial charge in [0, 0.05) is 6.61 Å². The van der Waals surface area contributed by atoms with Crippen LogP contribution < -0.4 is 0 Å². The van der Waals surface area contributed by atoms with Crippen molar-refractivity contribution in [1.82, 2.24) is 0 Å². The molecule has 0 saturated carbocycles. The molecule has 3 nitrogen and oxygen atoms in total. The van der Waals surface area contributed by atoms with Crippen LogP contribution in [0.1, 0.15) is 84.0 Å². The second kappa shape index (κ2) is 12.9. The molecule has 0 aromatic carbocycles. The largest absolute Gasteiger partial charge is 0.396 e. The monoisotopic (exact) mass is 274 g/mol. The van der Waals surface area contributed by atoms with Crippen LogP contribution in [0.15, 0.2) is 0 Å². The van der Waals surface area contributed by atoms with Gasteiger partial charge in [0.1, 0.15) is 0 Å². The topological polar surface area (TPSA) is 60.7 Å². The van der Waals surface area contributed by atoms with E-state index in [2.05, 4.69) is 0 Å². The molecule has 0 radical (unpaired) electrons. The Morgan fingerprint density at radius 1 is 0.632 bits per heavy atom. The van der Waals surface area contributed by atoms with Gasteiger partial charge in [-0.05, 0) is 19.8 Å². The highest BCUT2D eigenvalue weighted by Crippen LogP contribution is 2.16. The molecule has 19 heavy (non-hydrogen) atoms. The van der Waals surface area contributed by atoms with Gasteiger partial charge in [0.25, 0.3) is 0 Å². The SMILES string of the molecule is CC(O)(CO)CCCCCCCCCCCCCO. The lowest BCUT2D eigenvalue weighted by Crippen LogP contribution is -2.28. The number of aliphatic hydroxyl groups excluding tert-OH is 2. The Bertz CT molecular complexity index is 181. The molecule has 1 atom stereocenters. The molecule has 0 aromatic rings. The van der Waals surface area contributed by atoms with Gasteiger partial charge in [-0.15, -0.1) is 0 Å². The summed E-state index contributed by atoms with van der Waals surface area (Å²) in [5, 5.41) is 27.2. The fourth-order valence-corrected chi connectivity index (χ4v) is 2.29. The van der Waals surface area contributed by atoms with Crippen LogP contribution in [-0.4, -0.2) is 34.1 Å². The van der Waals surface area contributed by atoms with E-state index in [1.165, 1.54) is 51.4 Å². The van der Waals surface area contributed by atoms with Gasteiger partial charge in [-0.2, -0.15) is 0 Å². The Kier molecular flexibility index (Phi) is 12.8. The average molecular weight is 274 g/mol. The molecular weight excluding hydrogens is 240 g/mol. The van der Waals surface area contributed by atoms with Crippen LogP contribution in [0.2, 0.25) is 0 Å². The van der Waals surface area contributed by atoms with Gasteiger partial charge in [-0.1, -0.05) is 64.2 Å². The molecule has 0 amide bonds. The zero-order chi connectivity index (χ0) is 14.4. The van der Waals surface area contributed by atoms with Gasteiger partial charge in [-0.3, -0.25) is 0 Å². The van der Waals surface area contributed by atoms with Crippen molar-refractivity contribution in [1.29, 1.82) is 0 Å². The van der Waals surface area contributed by atoms with Crippen molar-refractivity contribution in [3.8, 4) is 0 Å². The van der Waals surface area contributed by atoms with E-state index in [1.807, 2.05) is 0 Å². The predicted octanol–water partition coefficient (Wildman–Crippen LogP) is 3.40. The van der Waals surface area contributed by atoms with E-state index in [0.717, 1.165) is 19.3 Å². The van der Waals surface area contributed by atoms with Crippen LogP contribution in [0.25, 0.3) is 0 Å². The van der Waals surface area contributed by atoms with Gasteiger partial charge in [0.15, 0.2) is 0 Å². The van der Waals surface area contributed by atoms with Crippen molar-refractivity contribution in [3.63, 3.8) is 0 Å². The van der Waals surface area contributed by atoms with Gasteiger partial charge >= 0.3 is 0 Å². The summed E-state index contributed by atoms with van der Waals surface area (Å²) >= 11 is 0. The Balaban J connectivity index is 3.07. The minimum atomic E-state index is -0.880. The minimum absolute atomic E-state index is 0.136. The van der Waals surface area contributed by atoms with Gasteiger partial charge in [-0.25, -0.2) is 0 Å². The quantitative estimate of drug-likeness (QED) is 0.425. The molecule has 0 bridgehead atoms. The Morgan fingerprint density at radius 2 is 1.00 bits per heavy atom. The third kappa shape index (κ3) is 14.1. The van der Waals surface area contributed by atoms with Crippen LogP contribution in [-0.2, 0) is 0 Å². The van der Waals surface area contributed by atoms with Crippen LogP contribution in [0.4, 0.5) is 0 Å². The van der Waals surface area contributed by atoms with Gasteiger partial charge in [0.2, 0.25) is 0 Å². The third-order valence-electron chi connectivity index (χ3n) is 3.71. The summed E-state index contributed by atoms with van der Waals surface area (Å²) in [5.74, 6) is 0. The maximum absolute atomic E-state index is 9.62. The Morgan fingerprint density at radius 3 is 1.37 bits per heavy atom. The first kappa shape index (κ1) is 18.9. The number of rotatable bonds is 14. The van der Waals surface area contributed by atoms with Gasteiger partial charge in [0.05, 0.1) is 12.2 Å². The summed E-state index contributed by atoms with van der Waals surface area (Å²) in [6.45, 7) is 1.90. The van der Waals surface area contributed by atoms with Crippen molar-refractivity contribution in [2.75, 3.05) is 13.2 Å². The molecule has 0 fully saturated rings. The van der Waals surface area contributed by atoms with E-state index >= 15 is 0 Å². The summed E-state index contributed by atoms with van der Waals surface area (Å²) in [7, 11) is 0. The smallest absolute Gasteiger partial charge is 0.0849 e. The second-order valence-electron chi connectivity index (χ2n) is 6.02. The summed E-state index contributed by atoms with van der Waals surface area (Å²) in [5.41, 5.74) is -0.880. The van der Waals surface area contributed by atoms with Crippen molar-refractivity contribution >= 4 is 0 Å². The van der Waals surface area contributed by atoms with Crippen molar-refractivity contribution in [2.45, 2.75) is 89.6 Å². The molecule has 3 heteroatoms. The van der Waals surface area contributed by atoms with Crippen molar-refractivity contribution in [3.05, 3.63) is 0 Å². The number of aliphatic hydroxyl groups is 3. The zero-order valence-electron chi connectivity index (χ0n) is 12.7. The minimum Gasteiger partial charge on any atom is -0.396 e. The van der Waals surface area contributed by atoms with E-state index in [-0.39, 0.29) is 6.61 Å². The summed E-state index contributed by atoms with van der Waals surface area (Å²) in [4.78, 5) is 0. The van der Waals surface area contributed by atoms with E-state index in [1.54, 1.807) is 6.92 Å². The molecular formula is C16H34O3. The highest BCUT2D eigenvalue weighted by atomic mass is 16.3. The predicted molar refractivity (Wildman–Crippen MR) is 80.2 cm³/mol. The molecule has 0 aromatic heterocycles. The molecule has 0 aliphatic rings. The van der Waals surface area contributed by atoms with E-state index in [9.17, 15) is 5.11 Å². The van der Waals surface area contributed by atoms with Crippen LogP contribution in [0.3, 0.4) is 0 Å². The van der Waals surface area contributed by atoms with Crippen LogP contribution in [0, 0.1) is 0 Å². The molecule has 1 unspecified atom stereocenters. The molecule has 0 heterocycles. The van der Waals surface area contributed by atoms with Gasteiger partial charge < -0.3 is 15.3 Å². The second-order valence-corrected chi connectivity index (χ2v) is 6.02. The van der Waals surface area contributed by atoms with E-state index < -0.39 is 5.60 Å². The Labute approximate surface area is 119 Å². The third-order valence-corrected chi connectivity index (χ3v) is 3.71. The zero-order valence-corrected chi connectivity index (χ0v) is 12.7. The lowest BCUT2D eigenvalue weighted by atomic mass is 9.98. The average Bonchev–Trinajstić information content (AvgIpc) is 2.40. The first-order valence-corrected chi connectivity index (χ1v) is 8.06. The molecule has 0 spiro atoms. The highest BCUT2D eigenvalue weighted by Gasteiger charge is 2.17. The van der Waals surface area contributed by atoms with Crippen LogP contribution in [0.5, 0.6) is 0 Å². The fraction of sp³-hybridized carbons (Fsp3) is 1.00. The molecule has 116 valence electrons. The van der Waals surface area contributed by atoms with Crippen LogP contribution >= 0.6 is 0 Å². The number of hydrogen-bond acceptors (Lipinski definition) is 3. The first-order valence-electron chi connectivity index (χ1n) is 8.06. The van der Waals surface area contributed by atoms with E-state index in [0.29, 0.717) is 13.0 Å².